The quantitative estimate of drug-likeness (QED) is 0.819. The molecule has 1 atom stereocenters. The van der Waals surface area contributed by atoms with Crippen molar-refractivity contribution in [3.63, 3.8) is 0 Å². The maximum atomic E-state index is 11.9. The zero-order valence-electron chi connectivity index (χ0n) is 10.00. The van der Waals surface area contributed by atoms with Gasteiger partial charge in [-0.1, -0.05) is 15.9 Å². The molecule has 1 aromatic rings. The molecule has 1 aromatic carbocycles. The highest BCUT2D eigenvalue weighted by Gasteiger charge is 2.12. The summed E-state index contributed by atoms with van der Waals surface area (Å²) in [5.41, 5.74) is 6.69. The van der Waals surface area contributed by atoms with Gasteiger partial charge in [-0.2, -0.15) is 0 Å². The van der Waals surface area contributed by atoms with Gasteiger partial charge in [-0.25, -0.2) is 0 Å². The molecule has 0 aliphatic carbocycles. The lowest BCUT2D eigenvalue weighted by atomic mass is 10.1. The normalized spacial score (nSPS) is 12.2. The molecule has 1 amide bonds. The third-order valence-electron chi connectivity index (χ3n) is 2.21. The zero-order chi connectivity index (χ0) is 12.8. The third-order valence-corrected chi connectivity index (χ3v) is 2.70. The number of hydrogen-bond donors (Lipinski definition) is 2. The number of nitrogen functional groups attached to an aromatic ring is 1. The van der Waals surface area contributed by atoms with Crippen molar-refractivity contribution in [2.75, 3.05) is 18.9 Å². The third kappa shape index (κ3) is 4.36. The van der Waals surface area contributed by atoms with Gasteiger partial charge >= 0.3 is 0 Å². The van der Waals surface area contributed by atoms with Gasteiger partial charge in [0.2, 0.25) is 0 Å². The SMILES string of the molecule is CCOCC(C)NC(=O)c1cc(Br)ccc1N. The van der Waals surface area contributed by atoms with Gasteiger partial charge in [0.15, 0.2) is 0 Å². The van der Waals surface area contributed by atoms with E-state index in [-0.39, 0.29) is 11.9 Å². The van der Waals surface area contributed by atoms with Gasteiger partial charge in [-0.05, 0) is 32.0 Å². The molecule has 0 saturated heterocycles. The summed E-state index contributed by atoms with van der Waals surface area (Å²) in [7, 11) is 0. The van der Waals surface area contributed by atoms with E-state index in [9.17, 15) is 4.79 Å². The van der Waals surface area contributed by atoms with Crippen molar-refractivity contribution < 1.29 is 9.53 Å². The number of benzene rings is 1. The molecule has 0 heterocycles. The second kappa shape index (κ2) is 6.61. The number of hydrogen-bond acceptors (Lipinski definition) is 3. The molecule has 17 heavy (non-hydrogen) atoms. The van der Waals surface area contributed by atoms with Crippen molar-refractivity contribution >= 4 is 27.5 Å². The van der Waals surface area contributed by atoms with E-state index in [1.165, 1.54) is 0 Å². The van der Waals surface area contributed by atoms with Gasteiger partial charge in [0.05, 0.1) is 12.2 Å². The van der Waals surface area contributed by atoms with E-state index in [2.05, 4.69) is 21.2 Å². The molecule has 0 spiro atoms. The molecule has 0 bridgehead atoms. The van der Waals surface area contributed by atoms with Crippen molar-refractivity contribution in [3.8, 4) is 0 Å². The van der Waals surface area contributed by atoms with Gasteiger partial charge in [-0.15, -0.1) is 0 Å². The Morgan fingerprint density at radius 2 is 2.29 bits per heavy atom. The number of carbonyl (C=O) groups excluding carboxylic acids is 1. The molecular weight excluding hydrogens is 284 g/mol. The molecule has 0 aromatic heterocycles. The number of anilines is 1. The fourth-order valence-corrected chi connectivity index (χ4v) is 1.72. The average molecular weight is 301 g/mol. The summed E-state index contributed by atoms with van der Waals surface area (Å²) in [6.07, 6.45) is 0. The van der Waals surface area contributed by atoms with Crippen LogP contribution in [-0.4, -0.2) is 25.2 Å². The molecule has 0 radical (unpaired) electrons. The Kier molecular flexibility index (Phi) is 5.44. The second-order valence-corrected chi connectivity index (χ2v) is 4.68. The monoisotopic (exact) mass is 300 g/mol. The van der Waals surface area contributed by atoms with Crippen molar-refractivity contribution in [2.45, 2.75) is 19.9 Å². The maximum absolute atomic E-state index is 11.9. The van der Waals surface area contributed by atoms with Crippen molar-refractivity contribution in [1.82, 2.24) is 5.32 Å². The first-order valence-electron chi connectivity index (χ1n) is 5.48. The summed E-state index contributed by atoms with van der Waals surface area (Å²) in [6.45, 7) is 4.94. The van der Waals surface area contributed by atoms with Crippen LogP contribution in [0, 0.1) is 0 Å². The molecule has 0 aliphatic heterocycles. The van der Waals surface area contributed by atoms with E-state index in [4.69, 9.17) is 10.5 Å². The van der Waals surface area contributed by atoms with Crippen LogP contribution < -0.4 is 11.1 Å². The summed E-state index contributed by atoms with van der Waals surface area (Å²) in [5.74, 6) is -0.184. The Balaban J connectivity index is 2.66. The lowest BCUT2D eigenvalue weighted by Crippen LogP contribution is -2.36. The van der Waals surface area contributed by atoms with Crippen LogP contribution in [0.15, 0.2) is 22.7 Å². The summed E-state index contributed by atoms with van der Waals surface area (Å²) in [6, 6.07) is 5.17. The lowest BCUT2D eigenvalue weighted by molar-refractivity contribution is 0.0873. The summed E-state index contributed by atoms with van der Waals surface area (Å²) in [5, 5.41) is 2.83. The Hall–Kier alpha value is -1.07. The molecule has 0 aliphatic rings. The molecule has 5 heteroatoms. The van der Waals surface area contributed by atoms with Crippen molar-refractivity contribution in [1.29, 1.82) is 0 Å². The van der Waals surface area contributed by atoms with Crippen molar-refractivity contribution in [2.24, 2.45) is 0 Å². The van der Waals surface area contributed by atoms with Gasteiger partial charge in [0.1, 0.15) is 0 Å². The number of rotatable bonds is 5. The van der Waals surface area contributed by atoms with E-state index in [1.54, 1.807) is 18.2 Å². The van der Waals surface area contributed by atoms with Gasteiger partial charge in [-0.3, -0.25) is 4.79 Å². The highest BCUT2D eigenvalue weighted by molar-refractivity contribution is 9.10. The average Bonchev–Trinajstić information content (AvgIpc) is 2.29. The van der Waals surface area contributed by atoms with Gasteiger partial charge in [0.25, 0.3) is 5.91 Å². The first kappa shape index (κ1) is 14.0. The van der Waals surface area contributed by atoms with Crippen LogP contribution in [0.3, 0.4) is 0 Å². The molecule has 1 rings (SSSR count). The minimum Gasteiger partial charge on any atom is -0.398 e. The topological polar surface area (TPSA) is 64.3 Å². The number of nitrogens with one attached hydrogen (secondary N) is 1. The van der Waals surface area contributed by atoms with E-state index in [0.717, 1.165) is 4.47 Å². The zero-order valence-corrected chi connectivity index (χ0v) is 11.6. The number of ether oxygens (including phenoxy) is 1. The summed E-state index contributed by atoms with van der Waals surface area (Å²) in [4.78, 5) is 11.9. The Labute approximate surface area is 110 Å². The molecular formula is C12H17BrN2O2. The van der Waals surface area contributed by atoms with E-state index in [1.807, 2.05) is 13.8 Å². The molecule has 94 valence electrons. The first-order chi connectivity index (χ1) is 8.04. The Bertz CT molecular complexity index is 396. The smallest absolute Gasteiger partial charge is 0.253 e. The van der Waals surface area contributed by atoms with Crippen LogP contribution >= 0.6 is 15.9 Å². The van der Waals surface area contributed by atoms with Gasteiger partial charge < -0.3 is 15.8 Å². The van der Waals surface area contributed by atoms with Crippen molar-refractivity contribution in [3.05, 3.63) is 28.2 Å². The van der Waals surface area contributed by atoms with E-state index >= 15 is 0 Å². The number of nitrogens with two attached hydrogens (primary N) is 1. The minimum atomic E-state index is -0.184. The highest BCUT2D eigenvalue weighted by atomic mass is 79.9. The largest absolute Gasteiger partial charge is 0.398 e. The van der Waals surface area contributed by atoms with Gasteiger partial charge in [0, 0.05) is 22.8 Å². The number of carbonyl (C=O) groups is 1. The van der Waals surface area contributed by atoms with Crippen LogP contribution in [0.2, 0.25) is 0 Å². The predicted octanol–water partition coefficient (Wildman–Crippen LogP) is 2.19. The Morgan fingerprint density at radius 3 is 2.94 bits per heavy atom. The molecule has 4 nitrogen and oxygen atoms in total. The number of amides is 1. The van der Waals surface area contributed by atoms with Crippen LogP contribution in [0.25, 0.3) is 0 Å². The summed E-state index contributed by atoms with van der Waals surface area (Å²) < 4.78 is 6.06. The van der Waals surface area contributed by atoms with Crippen LogP contribution in [-0.2, 0) is 4.74 Å². The molecule has 3 N–H and O–H groups in total. The highest BCUT2D eigenvalue weighted by Crippen LogP contribution is 2.18. The molecule has 0 fully saturated rings. The fraction of sp³-hybridized carbons (Fsp3) is 0.417. The lowest BCUT2D eigenvalue weighted by Gasteiger charge is -2.14. The van der Waals surface area contributed by atoms with E-state index < -0.39 is 0 Å². The van der Waals surface area contributed by atoms with Crippen LogP contribution in [0.5, 0.6) is 0 Å². The predicted molar refractivity (Wildman–Crippen MR) is 72.0 cm³/mol. The Morgan fingerprint density at radius 1 is 1.59 bits per heavy atom. The standard InChI is InChI=1S/C12H17BrN2O2/c1-3-17-7-8(2)15-12(16)10-6-9(13)4-5-11(10)14/h4-6,8H,3,7,14H2,1-2H3,(H,15,16). The first-order valence-corrected chi connectivity index (χ1v) is 6.27. The number of halogens is 1. The molecule has 0 saturated carbocycles. The summed E-state index contributed by atoms with van der Waals surface area (Å²) >= 11 is 3.31. The van der Waals surface area contributed by atoms with E-state index in [0.29, 0.717) is 24.5 Å². The maximum Gasteiger partial charge on any atom is 0.253 e. The van der Waals surface area contributed by atoms with Crippen LogP contribution in [0.1, 0.15) is 24.2 Å². The molecule has 1 unspecified atom stereocenters. The second-order valence-electron chi connectivity index (χ2n) is 3.77. The van der Waals surface area contributed by atoms with Crippen LogP contribution in [0.4, 0.5) is 5.69 Å². The minimum absolute atomic E-state index is 0.0409. The fourth-order valence-electron chi connectivity index (χ4n) is 1.36.